The molecule has 6 nitrogen and oxygen atoms in total. The molecule has 2 aromatic heterocycles. The first-order chi connectivity index (χ1) is 9.83. The standard InChI is InChI=1S/C13H19N5OS/c19-12(16-10-4-2-1-3-5-10)14-7-6-11-8-20-13-17-15-9-18(11)13/h8-10H,1-7H2,(H2,14,16,19). The summed E-state index contributed by atoms with van der Waals surface area (Å²) in [5.74, 6) is 0. The molecular weight excluding hydrogens is 274 g/mol. The molecule has 20 heavy (non-hydrogen) atoms. The van der Waals surface area contributed by atoms with Gasteiger partial charge in [0.25, 0.3) is 0 Å². The minimum Gasteiger partial charge on any atom is -0.338 e. The van der Waals surface area contributed by atoms with Gasteiger partial charge in [-0.15, -0.1) is 21.5 Å². The number of thiazole rings is 1. The number of hydrogen-bond acceptors (Lipinski definition) is 4. The number of urea groups is 1. The van der Waals surface area contributed by atoms with Crippen molar-refractivity contribution in [1.82, 2.24) is 25.2 Å². The number of carbonyl (C=O) groups is 1. The topological polar surface area (TPSA) is 71.3 Å². The summed E-state index contributed by atoms with van der Waals surface area (Å²) in [6.45, 7) is 0.628. The number of nitrogens with one attached hydrogen (secondary N) is 2. The van der Waals surface area contributed by atoms with Crippen LogP contribution < -0.4 is 10.6 Å². The molecule has 0 radical (unpaired) electrons. The molecule has 2 amide bonds. The van der Waals surface area contributed by atoms with Crippen molar-refractivity contribution in [3.8, 4) is 0 Å². The Hall–Kier alpha value is -1.63. The van der Waals surface area contributed by atoms with Gasteiger partial charge in [0.1, 0.15) is 6.33 Å². The highest BCUT2D eigenvalue weighted by molar-refractivity contribution is 7.15. The average molecular weight is 293 g/mol. The number of hydrogen-bond donors (Lipinski definition) is 2. The van der Waals surface area contributed by atoms with E-state index in [2.05, 4.69) is 26.2 Å². The Morgan fingerprint density at radius 3 is 3.10 bits per heavy atom. The molecule has 0 aliphatic heterocycles. The molecule has 1 fully saturated rings. The molecule has 3 rings (SSSR count). The first-order valence-electron chi connectivity index (χ1n) is 7.13. The smallest absolute Gasteiger partial charge is 0.315 e. The highest BCUT2D eigenvalue weighted by atomic mass is 32.1. The Bertz CT molecular complexity index is 572. The lowest BCUT2D eigenvalue weighted by Gasteiger charge is -2.22. The van der Waals surface area contributed by atoms with Crippen LogP contribution in [0.3, 0.4) is 0 Å². The molecule has 0 unspecified atom stereocenters. The van der Waals surface area contributed by atoms with Crippen LogP contribution in [0, 0.1) is 0 Å². The Morgan fingerprint density at radius 1 is 1.40 bits per heavy atom. The van der Waals surface area contributed by atoms with Gasteiger partial charge in [-0.3, -0.25) is 4.40 Å². The van der Waals surface area contributed by atoms with Crippen molar-refractivity contribution in [2.75, 3.05) is 6.54 Å². The number of carbonyl (C=O) groups excluding carboxylic acids is 1. The van der Waals surface area contributed by atoms with E-state index in [1.54, 1.807) is 17.7 Å². The zero-order valence-electron chi connectivity index (χ0n) is 11.3. The molecule has 2 N–H and O–H groups in total. The minimum absolute atomic E-state index is 0.0490. The fourth-order valence-corrected chi connectivity index (χ4v) is 3.49. The Balaban J connectivity index is 1.43. The summed E-state index contributed by atoms with van der Waals surface area (Å²) in [6, 6.07) is 0.307. The second-order valence-electron chi connectivity index (χ2n) is 5.20. The van der Waals surface area contributed by atoms with Gasteiger partial charge < -0.3 is 10.6 Å². The summed E-state index contributed by atoms with van der Waals surface area (Å²) in [4.78, 5) is 12.7. The Morgan fingerprint density at radius 2 is 2.25 bits per heavy atom. The molecule has 2 heterocycles. The van der Waals surface area contributed by atoms with Crippen molar-refractivity contribution < 1.29 is 4.79 Å². The quantitative estimate of drug-likeness (QED) is 0.905. The summed E-state index contributed by atoms with van der Waals surface area (Å²) in [5, 5.41) is 15.9. The monoisotopic (exact) mass is 293 g/mol. The van der Waals surface area contributed by atoms with Crippen LogP contribution in [-0.2, 0) is 6.42 Å². The molecule has 0 spiro atoms. The molecule has 1 aliphatic carbocycles. The van der Waals surface area contributed by atoms with Crippen LogP contribution in [0.15, 0.2) is 11.7 Å². The lowest BCUT2D eigenvalue weighted by molar-refractivity contribution is 0.233. The maximum absolute atomic E-state index is 11.8. The molecule has 1 saturated carbocycles. The van der Waals surface area contributed by atoms with Gasteiger partial charge in [0.2, 0.25) is 4.96 Å². The summed E-state index contributed by atoms with van der Waals surface area (Å²) in [6.07, 6.45) is 8.47. The van der Waals surface area contributed by atoms with E-state index in [9.17, 15) is 4.79 Å². The second-order valence-corrected chi connectivity index (χ2v) is 6.03. The second kappa shape index (κ2) is 6.21. The van der Waals surface area contributed by atoms with E-state index < -0.39 is 0 Å². The van der Waals surface area contributed by atoms with Gasteiger partial charge in [0.15, 0.2) is 0 Å². The lowest BCUT2D eigenvalue weighted by atomic mass is 9.96. The van der Waals surface area contributed by atoms with E-state index >= 15 is 0 Å². The zero-order valence-corrected chi connectivity index (χ0v) is 12.2. The third-order valence-electron chi connectivity index (χ3n) is 3.73. The maximum Gasteiger partial charge on any atom is 0.315 e. The van der Waals surface area contributed by atoms with Gasteiger partial charge >= 0.3 is 6.03 Å². The highest BCUT2D eigenvalue weighted by Gasteiger charge is 2.15. The van der Waals surface area contributed by atoms with Crippen LogP contribution in [0.25, 0.3) is 4.96 Å². The normalized spacial score (nSPS) is 16.4. The van der Waals surface area contributed by atoms with Crippen molar-refractivity contribution in [3.63, 3.8) is 0 Å². The largest absolute Gasteiger partial charge is 0.338 e. The fourth-order valence-electron chi connectivity index (χ4n) is 2.65. The molecule has 1 aliphatic rings. The third kappa shape index (κ3) is 3.09. The summed E-state index contributed by atoms with van der Waals surface area (Å²) in [7, 11) is 0. The zero-order chi connectivity index (χ0) is 13.8. The number of rotatable bonds is 4. The number of fused-ring (bicyclic) bond motifs is 1. The number of nitrogens with zero attached hydrogens (tertiary/aromatic N) is 3. The van der Waals surface area contributed by atoms with Gasteiger partial charge in [0, 0.05) is 30.1 Å². The molecule has 0 aromatic carbocycles. The van der Waals surface area contributed by atoms with Gasteiger partial charge in [-0.05, 0) is 12.8 Å². The van der Waals surface area contributed by atoms with E-state index in [1.165, 1.54) is 19.3 Å². The first-order valence-corrected chi connectivity index (χ1v) is 8.01. The molecule has 2 aromatic rings. The van der Waals surface area contributed by atoms with Gasteiger partial charge in [-0.1, -0.05) is 19.3 Å². The van der Waals surface area contributed by atoms with Crippen molar-refractivity contribution in [1.29, 1.82) is 0 Å². The molecule has 0 atom stereocenters. The van der Waals surface area contributed by atoms with Crippen LogP contribution in [-0.4, -0.2) is 33.2 Å². The minimum atomic E-state index is -0.0490. The predicted octanol–water partition coefficient (Wildman–Crippen LogP) is 1.97. The molecule has 108 valence electrons. The summed E-state index contributed by atoms with van der Waals surface area (Å²) in [5.41, 5.74) is 1.13. The maximum atomic E-state index is 11.8. The van der Waals surface area contributed by atoms with Crippen molar-refractivity contribution in [3.05, 3.63) is 17.4 Å². The molecule has 7 heteroatoms. The summed E-state index contributed by atoms with van der Waals surface area (Å²) >= 11 is 1.57. The average Bonchev–Trinajstić information content (AvgIpc) is 3.04. The van der Waals surface area contributed by atoms with Crippen LogP contribution in [0.1, 0.15) is 37.8 Å². The first kappa shape index (κ1) is 13.4. The van der Waals surface area contributed by atoms with Crippen LogP contribution >= 0.6 is 11.3 Å². The van der Waals surface area contributed by atoms with E-state index in [4.69, 9.17) is 0 Å². The lowest BCUT2D eigenvalue weighted by Crippen LogP contribution is -2.43. The fraction of sp³-hybridized carbons (Fsp3) is 0.615. The van der Waals surface area contributed by atoms with Crippen LogP contribution in [0.5, 0.6) is 0 Å². The van der Waals surface area contributed by atoms with Crippen LogP contribution in [0.4, 0.5) is 4.79 Å². The van der Waals surface area contributed by atoms with E-state index in [0.29, 0.717) is 12.6 Å². The van der Waals surface area contributed by atoms with Crippen molar-refractivity contribution in [2.24, 2.45) is 0 Å². The number of aromatic nitrogens is 3. The third-order valence-corrected chi connectivity index (χ3v) is 4.61. The summed E-state index contributed by atoms with van der Waals surface area (Å²) < 4.78 is 1.96. The SMILES string of the molecule is O=C(NCCc1csc2nncn12)NC1CCCCC1. The number of amides is 2. The van der Waals surface area contributed by atoms with Crippen LogP contribution in [0.2, 0.25) is 0 Å². The molecular formula is C13H19N5OS. The highest BCUT2D eigenvalue weighted by Crippen LogP contribution is 2.17. The predicted molar refractivity (Wildman–Crippen MR) is 78.0 cm³/mol. The Labute approximate surface area is 121 Å². The molecule has 0 bridgehead atoms. The van der Waals surface area contributed by atoms with Gasteiger partial charge in [0.05, 0.1) is 0 Å². The van der Waals surface area contributed by atoms with E-state index in [1.807, 2.05) is 4.40 Å². The van der Waals surface area contributed by atoms with E-state index in [-0.39, 0.29) is 6.03 Å². The molecule has 0 saturated heterocycles. The van der Waals surface area contributed by atoms with Crippen molar-refractivity contribution in [2.45, 2.75) is 44.6 Å². The van der Waals surface area contributed by atoms with Gasteiger partial charge in [-0.2, -0.15) is 0 Å². The Kier molecular flexibility index (Phi) is 4.15. The van der Waals surface area contributed by atoms with Crippen molar-refractivity contribution >= 4 is 22.3 Å². The van der Waals surface area contributed by atoms with E-state index in [0.717, 1.165) is 29.9 Å². The van der Waals surface area contributed by atoms with Gasteiger partial charge in [-0.25, -0.2) is 4.79 Å².